The summed E-state index contributed by atoms with van der Waals surface area (Å²) in [4.78, 5) is 24.2. The van der Waals surface area contributed by atoms with Gasteiger partial charge in [0.2, 0.25) is 5.91 Å². The summed E-state index contributed by atoms with van der Waals surface area (Å²) in [7, 11) is 0. The van der Waals surface area contributed by atoms with Gasteiger partial charge in [0, 0.05) is 32.7 Å². The number of hydrogen-bond donors (Lipinski definition) is 3. The van der Waals surface area contributed by atoms with Crippen LogP contribution < -0.4 is 16.4 Å². The van der Waals surface area contributed by atoms with Crippen LogP contribution in [-0.4, -0.2) is 38.1 Å². The second-order valence-electron chi connectivity index (χ2n) is 5.40. The average molecular weight is 342 g/mol. The molecule has 0 aromatic heterocycles. The van der Waals surface area contributed by atoms with Gasteiger partial charge in [0.15, 0.2) is 0 Å². The van der Waals surface area contributed by atoms with Crippen LogP contribution in [0.3, 0.4) is 0 Å². The SMILES string of the molecule is Cl.NCCNC(=O)c1ccccc1NC(=O)CC1CCOCC1. The number of ether oxygens (including phenoxy) is 1. The molecule has 0 unspecified atom stereocenters. The fourth-order valence-electron chi connectivity index (χ4n) is 2.48. The molecule has 1 saturated heterocycles. The molecule has 2 rings (SSSR count). The van der Waals surface area contributed by atoms with E-state index in [-0.39, 0.29) is 24.2 Å². The van der Waals surface area contributed by atoms with Gasteiger partial charge < -0.3 is 21.1 Å². The summed E-state index contributed by atoms with van der Waals surface area (Å²) in [5, 5.41) is 5.56. The van der Waals surface area contributed by atoms with Crippen molar-refractivity contribution in [2.24, 2.45) is 11.7 Å². The van der Waals surface area contributed by atoms with Crippen molar-refractivity contribution in [1.29, 1.82) is 0 Å². The smallest absolute Gasteiger partial charge is 0.253 e. The highest BCUT2D eigenvalue weighted by Gasteiger charge is 2.19. The molecule has 1 fully saturated rings. The largest absolute Gasteiger partial charge is 0.381 e. The van der Waals surface area contributed by atoms with Gasteiger partial charge in [0.05, 0.1) is 11.3 Å². The third kappa shape index (κ3) is 6.17. The van der Waals surface area contributed by atoms with Crippen molar-refractivity contribution in [3.05, 3.63) is 29.8 Å². The molecule has 0 bridgehead atoms. The Morgan fingerprint density at radius 1 is 1.22 bits per heavy atom. The molecule has 0 radical (unpaired) electrons. The van der Waals surface area contributed by atoms with Crippen molar-refractivity contribution in [1.82, 2.24) is 5.32 Å². The predicted octanol–water partition coefficient (Wildman–Crippen LogP) is 1.55. The third-order valence-electron chi connectivity index (χ3n) is 3.69. The highest BCUT2D eigenvalue weighted by atomic mass is 35.5. The van der Waals surface area contributed by atoms with E-state index in [0.717, 1.165) is 26.1 Å². The van der Waals surface area contributed by atoms with Crippen molar-refractivity contribution >= 4 is 29.9 Å². The number of amides is 2. The fraction of sp³-hybridized carbons (Fsp3) is 0.500. The first-order chi connectivity index (χ1) is 10.7. The van der Waals surface area contributed by atoms with Gasteiger partial charge in [-0.3, -0.25) is 9.59 Å². The van der Waals surface area contributed by atoms with Crippen molar-refractivity contribution < 1.29 is 14.3 Å². The van der Waals surface area contributed by atoms with E-state index in [1.807, 2.05) is 0 Å². The summed E-state index contributed by atoms with van der Waals surface area (Å²) < 4.78 is 5.29. The first-order valence-corrected chi connectivity index (χ1v) is 7.65. The van der Waals surface area contributed by atoms with Crippen LogP contribution in [0, 0.1) is 5.92 Å². The maximum atomic E-state index is 12.2. The summed E-state index contributed by atoms with van der Waals surface area (Å²) >= 11 is 0. The molecule has 7 heteroatoms. The van der Waals surface area contributed by atoms with Gasteiger partial charge in [-0.1, -0.05) is 12.1 Å². The zero-order valence-corrected chi connectivity index (χ0v) is 13.9. The van der Waals surface area contributed by atoms with Gasteiger partial charge in [-0.2, -0.15) is 0 Å². The maximum absolute atomic E-state index is 12.2. The van der Waals surface area contributed by atoms with Crippen LogP contribution in [-0.2, 0) is 9.53 Å². The quantitative estimate of drug-likeness (QED) is 0.731. The molecule has 0 atom stereocenters. The van der Waals surface area contributed by atoms with Crippen molar-refractivity contribution in [3.8, 4) is 0 Å². The Morgan fingerprint density at radius 3 is 2.61 bits per heavy atom. The van der Waals surface area contributed by atoms with Crippen molar-refractivity contribution in [2.45, 2.75) is 19.3 Å². The van der Waals surface area contributed by atoms with Crippen LogP contribution in [0.2, 0.25) is 0 Å². The van der Waals surface area contributed by atoms with Crippen molar-refractivity contribution in [2.75, 3.05) is 31.6 Å². The molecule has 0 aliphatic carbocycles. The Hall–Kier alpha value is -1.63. The molecule has 1 aliphatic heterocycles. The molecule has 1 heterocycles. The van der Waals surface area contributed by atoms with Gasteiger partial charge in [-0.25, -0.2) is 0 Å². The lowest BCUT2D eigenvalue weighted by Crippen LogP contribution is -2.30. The Balaban J connectivity index is 0.00000264. The molecule has 1 aliphatic rings. The molecule has 1 aromatic carbocycles. The van der Waals surface area contributed by atoms with Gasteiger partial charge in [0.25, 0.3) is 5.91 Å². The van der Waals surface area contributed by atoms with Crippen molar-refractivity contribution in [3.63, 3.8) is 0 Å². The lowest BCUT2D eigenvalue weighted by atomic mass is 9.96. The Kier molecular flexibility index (Phi) is 8.61. The number of benzene rings is 1. The molecule has 4 N–H and O–H groups in total. The number of nitrogens with one attached hydrogen (secondary N) is 2. The third-order valence-corrected chi connectivity index (χ3v) is 3.69. The van der Waals surface area contributed by atoms with E-state index in [1.165, 1.54) is 0 Å². The Bertz CT molecular complexity index is 519. The summed E-state index contributed by atoms with van der Waals surface area (Å²) in [5.41, 5.74) is 6.37. The van der Waals surface area contributed by atoms with E-state index in [1.54, 1.807) is 24.3 Å². The minimum atomic E-state index is -0.229. The second-order valence-corrected chi connectivity index (χ2v) is 5.40. The highest BCUT2D eigenvalue weighted by molar-refractivity contribution is 6.03. The fourth-order valence-corrected chi connectivity index (χ4v) is 2.48. The molecule has 6 nitrogen and oxygen atoms in total. The van der Waals surface area contributed by atoms with Gasteiger partial charge in [-0.05, 0) is 30.9 Å². The lowest BCUT2D eigenvalue weighted by molar-refractivity contribution is -0.117. The first kappa shape index (κ1) is 19.4. The molecule has 23 heavy (non-hydrogen) atoms. The van der Waals surface area contributed by atoms with Gasteiger partial charge in [0.1, 0.15) is 0 Å². The van der Waals surface area contributed by atoms with E-state index in [2.05, 4.69) is 10.6 Å². The minimum absolute atomic E-state index is 0. The van der Waals surface area contributed by atoms with E-state index < -0.39 is 0 Å². The van der Waals surface area contributed by atoms with Crippen LogP contribution in [0.5, 0.6) is 0 Å². The average Bonchev–Trinajstić information content (AvgIpc) is 2.54. The lowest BCUT2D eigenvalue weighted by Gasteiger charge is -2.21. The number of halogens is 1. The first-order valence-electron chi connectivity index (χ1n) is 7.65. The summed E-state index contributed by atoms with van der Waals surface area (Å²) in [6, 6.07) is 6.99. The number of hydrogen-bond acceptors (Lipinski definition) is 4. The van der Waals surface area contributed by atoms with E-state index in [9.17, 15) is 9.59 Å². The molecule has 2 amide bonds. The molecule has 1 aromatic rings. The zero-order valence-electron chi connectivity index (χ0n) is 13.0. The van der Waals surface area contributed by atoms with Crippen LogP contribution in [0.4, 0.5) is 5.69 Å². The number of carbonyl (C=O) groups is 2. The van der Waals surface area contributed by atoms with E-state index >= 15 is 0 Å². The predicted molar refractivity (Wildman–Crippen MR) is 91.9 cm³/mol. The van der Waals surface area contributed by atoms with E-state index in [4.69, 9.17) is 10.5 Å². The standard InChI is InChI=1S/C16H23N3O3.ClH/c17-7-8-18-16(21)13-3-1-2-4-14(13)19-15(20)11-12-5-9-22-10-6-12;/h1-4,12H,5-11,17H2,(H,18,21)(H,19,20);1H. The summed E-state index contributed by atoms with van der Waals surface area (Å²) in [6.45, 7) is 2.22. The molecule has 128 valence electrons. The number of rotatable bonds is 6. The van der Waals surface area contributed by atoms with Gasteiger partial charge >= 0.3 is 0 Å². The number of nitrogens with two attached hydrogens (primary N) is 1. The molecular formula is C16H24ClN3O3. The Labute approximate surface area is 142 Å². The van der Waals surface area contributed by atoms with E-state index in [0.29, 0.717) is 36.7 Å². The monoisotopic (exact) mass is 341 g/mol. The number of carbonyl (C=O) groups excluding carboxylic acids is 2. The van der Waals surface area contributed by atoms with Crippen LogP contribution >= 0.6 is 12.4 Å². The number of anilines is 1. The van der Waals surface area contributed by atoms with Gasteiger partial charge in [-0.15, -0.1) is 12.4 Å². The Morgan fingerprint density at radius 2 is 1.91 bits per heavy atom. The van der Waals surface area contributed by atoms with Crippen LogP contribution in [0.15, 0.2) is 24.3 Å². The number of para-hydroxylation sites is 1. The summed E-state index contributed by atoms with van der Waals surface area (Å²) in [5.74, 6) is 0.0605. The highest BCUT2D eigenvalue weighted by Crippen LogP contribution is 2.20. The maximum Gasteiger partial charge on any atom is 0.253 e. The minimum Gasteiger partial charge on any atom is -0.381 e. The molecule has 0 spiro atoms. The van der Waals surface area contributed by atoms with Crippen LogP contribution in [0.1, 0.15) is 29.6 Å². The summed E-state index contributed by atoms with van der Waals surface area (Å²) in [6.07, 6.45) is 2.28. The topological polar surface area (TPSA) is 93.5 Å². The second kappa shape index (κ2) is 10.2. The normalized spacial score (nSPS) is 14.7. The zero-order chi connectivity index (χ0) is 15.8. The van der Waals surface area contributed by atoms with Crippen LogP contribution in [0.25, 0.3) is 0 Å². The molecular weight excluding hydrogens is 318 g/mol. The molecule has 0 saturated carbocycles.